The van der Waals surface area contributed by atoms with Crippen molar-refractivity contribution in [1.29, 1.82) is 0 Å². The number of carbonyl (C=O) groups excluding carboxylic acids is 3. The van der Waals surface area contributed by atoms with Gasteiger partial charge in [-0.05, 0) is 19.1 Å². The normalized spacial score (nSPS) is 21.2. The van der Waals surface area contributed by atoms with Gasteiger partial charge in [0, 0.05) is 0 Å². The zero-order chi connectivity index (χ0) is 19.0. The van der Waals surface area contributed by atoms with Crippen molar-refractivity contribution in [3.63, 3.8) is 0 Å². The Balaban J connectivity index is 2.00. The number of benzene rings is 1. The Bertz CT molecular complexity index is 850. The van der Waals surface area contributed by atoms with Gasteiger partial charge in [-0.3, -0.25) is 25.1 Å². The number of imide groups is 1. The predicted octanol–water partition coefficient (Wildman–Crippen LogP) is -0.0163. The Morgan fingerprint density at radius 2 is 2.12 bits per heavy atom. The van der Waals surface area contributed by atoms with Crippen molar-refractivity contribution in [1.82, 2.24) is 5.43 Å². The van der Waals surface area contributed by atoms with Gasteiger partial charge in [-0.15, -0.1) is 0 Å². The maximum atomic E-state index is 12.8. The number of ether oxygens (including phenoxy) is 2. The number of amides is 2. The number of nitrogens with zero attached hydrogens (tertiary/aromatic N) is 3. The van der Waals surface area contributed by atoms with E-state index >= 15 is 0 Å². The summed E-state index contributed by atoms with van der Waals surface area (Å²) in [7, 11) is 1.33. The van der Waals surface area contributed by atoms with Crippen LogP contribution < -0.4 is 15.1 Å². The maximum absolute atomic E-state index is 12.8. The van der Waals surface area contributed by atoms with Gasteiger partial charge in [-0.1, -0.05) is 0 Å². The highest BCUT2D eigenvalue weighted by Crippen LogP contribution is 2.37. The molecule has 1 N–H and O–H groups in total. The smallest absolute Gasteiger partial charge is 0.355 e. The number of nitrogens with one attached hydrogen (secondary N) is 1. The Morgan fingerprint density at radius 1 is 1.38 bits per heavy atom. The molecule has 1 fully saturated rings. The van der Waals surface area contributed by atoms with Crippen molar-refractivity contribution in [2.24, 2.45) is 11.0 Å². The van der Waals surface area contributed by atoms with Crippen molar-refractivity contribution in [3.8, 4) is 5.75 Å². The van der Waals surface area contributed by atoms with E-state index in [4.69, 9.17) is 9.47 Å². The number of nitro benzene ring substituents is 1. The van der Waals surface area contributed by atoms with Gasteiger partial charge in [0.1, 0.15) is 23.4 Å². The highest BCUT2D eigenvalue weighted by Gasteiger charge is 2.56. The summed E-state index contributed by atoms with van der Waals surface area (Å²) in [6.07, 6.45) is 0. The molecule has 0 spiro atoms. The number of esters is 1. The SMILES string of the molecule is CCOC(=O)C1=NN[C@H]2C(=O)N(c3ccc(OC)cc3[N+](=O)[O-])C(=O)[C@H]12. The quantitative estimate of drug-likeness (QED) is 0.333. The van der Waals surface area contributed by atoms with E-state index in [0.717, 1.165) is 6.07 Å². The number of hydrogen-bond acceptors (Lipinski definition) is 9. The summed E-state index contributed by atoms with van der Waals surface area (Å²) < 4.78 is 9.78. The molecule has 0 bridgehead atoms. The molecule has 2 aliphatic rings. The lowest BCUT2D eigenvalue weighted by Gasteiger charge is -2.16. The van der Waals surface area contributed by atoms with Crippen LogP contribution in [-0.2, 0) is 19.1 Å². The molecular weight excluding hydrogens is 348 g/mol. The zero-order valence-electron chi connectivity index (χ0n) is 13.8. The third-order valence-corrected chi connectivity index (χ3v) is 4.03. The molecule has 0 unspecified atom stereocenters. The molecule has 0 saturated carbocycles. The number of anilines is 1. The molecule has 1 saturated heterocycles. The second kappa shape index (κ2) is 6.43. The van der Waals surface area contributed by atoms with Gasteiger partial charge >= 0.3 is 5.97 Å². The van der Waals surface area contributed by atoms with Crippen LogP contribution in [0.15, 0.2) is 23.3 Å². The first kappa shape index (κ1) is 17.3. The summed E-state index contributed by atoms with van der Waals surface area (Å²) >= 11 is 0. The Morgan fingerprint density at radius 3 is 2.73 bits per heavy atom. The van der Waals surface area contributed by atoms with Gasteiger partial charge < -0.3 is 9.47 Å². The molecule has 2 atom stereocenters. The van der Waals surface area contributed by atoms with Crippen molar-refractivity contribution in [2.45, 2.75) is 13.0 Å². The lowest BCUT2D eigenvalue weighted by Crippen LogP contribution is -2.36. The Hall–Kier alpha value is -3.50. The molecule has 26 heavy (non-hydrogen) atoms. The molecule has 136 valence electrons. The minimum absolute atomic E-state index is 0.0744. The number of carbonyl (C=O) groups is 3. The van der Waals surface area contributed by atoms with Crippen LogP contribution >= 0.6 is 0 Å². The molecule has 0 aliphatic carbocycles. The number of methoxy groups -OCH3 is 1. The van der Waals surface area contributed by atoms with Crippen LogP contribution in [0.4, 0.5) is 11.4 Å². The number of rotatable bonds is 5. The van der Waals surface area contributed by atoms with E-state index in [1.807, 2.05) is 0 Å². The maximum Gasteiger partial charge on any atom is 0.355 e. The highest BCUT2D eigenvalue weighted by atomic mass is 16.6. The lowest BCUT2D eigenvalue weighted by atomic mass is 9.99. The number of nitro groups is 1. The van der Waals surface area contributed by atoms with Gasteiger partial charge in [-0.2, -0.15) is 5.10 Å². The molecule has 0 radical (unpaired) electrons. The van der Waals surface area contributed by atoms with E-state index in [1.54, 1.807) is 6.92 Å². The molecule has 3 rings (SSSR count). The summed E-state index contributed by atoms with van der Waals surface area (Å²) in [5, 5.41) is 15.1. The first-order valence-corrected chi connectivity index (χ1v) is 7.61. The van der Waals surface area contributed by atoms with Crippen LogP contribution in [0, 0.1) is 16.0 Å². The van der Waals surface area contributed by atoms with Gasteiger partial charge in [0.2, 0.25) is 5.91 Å². The monoisotopic (exact) mass is 362 g/mol. The summed E-state index contributed by atoms with van der Waals surface area (Å²) in [5.74, 6) is -3.34. The minimum Gasteiger partial charge on any atom is -0.496 e. The first-order chi connectivity index (χ1) is 12.4. The molecule has 11 nitrogen and oxygen atoms in total. The van der Waals surface area contributed by atoms with E-state index in [0.29, 0.717) is 4.90 Å². The van der Waals surface area contributed by atoms with Crippen LogP contribution in [0.5, 0.6) is 5.75 Å². The van der Waals surface area contributed by atoms with E-state index in [9.17, 15) is 24.5 Å². The van der Waals surface area contributed by atoms with Crippen molar-refractivity contribution < 1.29 is 28.8 Å². The second-order valence-corrected chi connectivity index (χ2v) is 5.43. The molecule has 0 aromatic heterocycles. The fourth-order valence-corrected chi connectivity index (χ4v) is 2.87. The van der Waals surface area contributed by atoms with E-state index in [2.05, 4.69) is 10.5 Å². The van der Waals surface area contributed by atoms with Gasteiger partial charge in [0.05, 0.1) is 24.7 Å². The van der Waals surface area contributed by atoms with Crippen molar-refractivity contribution in [2.75, 3.05) is 18.6 Å². The molecule has 2 heterocycles. The topological polar surface area (TPSA) is 140 Å². The molecule has 2 aliphatic heterocycles. The fourth-order valence-electron chi connectivity index (χ4n) is 2.87. The molecule has 1 aromatic carbocycles. The lowest BCUT2D eigenvalue weighted by molar-refractivity contribution is -0.384. The minimum atomic E-state index is -1.19. The van der Waals surface area contributed by atoms with E-state index in [1.165, 1.54) is 19.2 Å². The van der Waals surface area contributed by atoms with Crippen LogP contribution in [-0.4, -0.2) is 48.2 Å². The highest BCUT2D eigenvalue weighted by molar-refractivity contribution is 6.46. The number of hydrogen-bond donors (Lipinski definition) is 1. The Labute approximate surface area is 146 Å². The van der Waals surface area contributed by atoms with Crippen molar-refractivity contribution >= 4 is 34.9 Å². The van der Waals surface area contributed by atoms with E-state index < -0.39 is 40.4 Å². The number of fused-ring (bicyclic) bond motifs is 1. The average molecular weight is 362 g/mol. The third kappa shape index (κ3) is 2.53. The van der Waals surface area contributed by atoms with E-state index in [-0.39, 0.29) is 23.8 Å². The fraction of sp³-hybridized carbons (Fsp3) is 0.333. The standard InChI is InChI=1S/C15H14N4O7/c1-3-26-15(22)12-10-11(16-17-12)14(21)18(13(10)20)8-5-4-7(25-2)6-9(8)19(23)24/h4-6,10-11,16H,3H2,1-2H3/t10-,11+/m0/s1. The van der Waals surface area contributed by atoms with Crippen LogP contribution in [0.2, 0.25) is 0 Å². The van der Waals surface area contributed by atoms with Crippen LogP contribution in [0.3, 0.4) is 0 Å². The summed E-state index contributed by atoms with van der Waals surface area (Å²) in [5.41, 5.74) is 1.54. The molecule has 2 amide bonds. The largest absolute Gasteiger partial charge is 0.496 e. The van der Waals surface area contributed by atoms with Gasteiger partial charge in [0.15, 0.2) is 5.71 Å². The molecule has 1 aromatic rings. The third-order valence-electron chi connectivity index (χ3n) is 4.03. The average Bonchev–Trinajstić information content (AvgIpc) is 3.15. The summed E-state index contributed by atoms with van der Waals surface area (Å²) in [4.78, 5) is 48.6. The van der Waals surface area contributed by atoms with Crippen LogP contribution in [0.25, 0.3) is 0 Å². The zero-order valence-corrected chi connectivity index (χ0v) is 13.8. The predicted molar refractivity (Wildman–Crippen MR) is 86.6 cm³/mol. The van der Waals surface area contributed by atoms with Gasteiger partial charge in [0.25, 0.3) is 11.6 Å². The van der Waals surface area contributed by atoms with Gasteiger partial charge in [-0.25, -0.2) is 9.69 Å². The van der Waals surface area contributed by atoms with Crippen molar-refractivity contribution in [3.05, 3.63) is 28.3 Å². The Kier molecular flexibility index (Phi) is 4.28. The first-order valence-electron chi connectivity index (χ1n) is 7.61. The number of hydrazone groups is 1. The summed E-state index contributed by atoms with van der Waals surface area (Å²) in [6, 6.07) is 2.64. The summed E-state index contributed by atoms with van der Waals surface area (Å²) in [6.45, 7) is 1.66. The molecular formula is C15H14N4O7. The molecule has 11 heteroatoms. The van der Waals surface area contributed by atoms with Crippen LogP contribution in [0.1, 0.15) is 6.92 Å². The second-order valence-electron chi connectivity index (χ2n) is 5.43.